The van der Waals surface area contributed by atoms with Gasteiger partial charge in [0.15, 0.2) is 0 Å². The van der Waals surface area contributed by atoms with E-state index in [-0.39, 0.29) is 0 Å². The smallest absolute Gasteiger partial charge is 0.0149 e. The van der Waals surface area contributed by atoms with Gasteiger partial charge in [0, 0.05) is 25.2 Å². The molecule has 2 heteroatoms. The van der Waals surface area contributed by atoms with Crippen LogP contribution < -0.4 is 5.32 Å². The Morgan fingerprint density at radius 1 is 1.17 bits per heavy atom. The molecule has 3 rings (SSSR count). The molecule has 0 aromatic heterocycles. The monoisotopic (exact) mass is 244 g/mol. The van der Waals surface area contributed by atoms with Crippen molar-refractivity contribution in [3.63, 3.8) is 0 Å². The molecule has 2 nitrogen and oxygen atoms in total. The van der Waals surface area contributed by atoms with Crippen LogP contribution in [-0.4, -0.2) is 36.6 Å². The predicted octanol–water partition coefficient (Wildman–Crippen LogP) is 2.23. The van der Waals surface area contributed by atoms with Crippen molar-refractivity contribution in [2.24, 2.45) is 0 Å². The first-order valence-electron chi connectivity index (χ1n) is 7.41. The maximum Gasteiger partial charge on any atom is 0.0149 e. The van der Waals surface area contributed by atoms with E-state index in [1.165, 1.54) is 38.8 Å². The van der Waals surface area contributed by atoms with Crippen LogP contribution in [0.5, 0.6) is 0 Å². The minimum atomic E-state index is 0.667. The SMILES string of the molecule is CCN(CCNC1Cc2ccccc2C1)C1CC1. The van der Waals surface area contributed by atoms with Crippen LogP contribution >= 0.6 is 0 Å². The number of benzene rings is 1. The number of likely N-dealkylation sites (N-methyl/N-ethyl adjacent to an activating group) is 1. The van der Waals surface area contributed by atoms with Crippen LogP contribution in [0.1, 0.15) is 30.9 Å². The Morgan fingerprint density at radius 2 is 1.83 bits per heavy atom. The molecule has 2 aliphatic rings. The Kier molecular flexibility index (Phi) is 3.67. The fourth-order valence-electron chi connectivity index (χ4n) is 3.15. The van der Waals surface area contributed by atoms with Crippen molar-refractivity contribution in [2.75, 3.05) is 19.6 Å². The second kappa shape index (κ2) is 5.41. The summed E-state index contributed by atoms with van der Waals surface area (Å²) in [5.74, 6) is 0. The van der Waals surface area contributed by atoms with Crippen LogP contribution in [0, 0.1) is 0 Å². The molecule has 0 atom stereocenters. The van der Waals surface area contributed by atoms with Gasteiger partial charge in [-0.1, -0.05) is 31.2 Å². The van der Waals surface area contributed by atoms with Gasteiger partial charge >= 0.3 is 0 Å². The third-order valence-electron chi connectivity index (χ3n) is 4.35. The second-order valence-corrected chi connectivity index (χ2v) is 5.69. The summed E-state index contributed by atoms with van der Waals surface area (Å²) in [4.78, 5) is 2.62. The van der Waals surface area contributed by atoms with E-state index in [9.17, 15) is 0 Å². The number of hydrogen-bond acceptors (Lipinski definition) is 2. The first kappa shape index (κ1) is 12.2. The largest absolute Gasteiger partial charge is 0.312 e. The van der Waals surface area contributed by atoms with Crippen LogP contribution in [0.25, 0.3) is 0 Å². The Labute approximate surface area is 110 Å². The number of fused-ring (bicyclic) bond motifs is 1. The molecule has 2 aliphatic carbocycles. The highest BCUT2D eigenvalue weighted by Gasteiger charge is 2.27. The molecule has 1 N–H and O–H groups in total. The molecule has 0 unspecified atom stereocenters. The molecule has 0 radical (unpaired) electrons. The zero-order valence-electron chi connectivity index (χ0n) is 11.4. The van der Waals surface area contributed by atoms with Gasteiger partial charge in [-0.05, 0) is 43.4 Å². The molecule has 0 heterocycles. The molecule has 0 aliphatic heterocycles. The summed E-state index contributed by atoms with van der Waals surface area (Å²) in [5, 5.41) is 3.73. The van der Waals surface area contributed by atoms with Crippen LogP contribution in [0.2, 0.25) is 0 Å². The van der Waals surface area contributed by atoms with Gasteiger partial charge in [0.05, 0.1) is 0 Å². The fraction of sp³-hybridized carbons (Fsp3) is 0.625. The standard InChI is InChI=1S/C16H24N2/c1-2-18(16-7-8-16)10-9-17-15-11-13-5-3-4-6-14(13)12-15/h3-6,15-17H,2,7-12H2,1H3. The van der Waals surface area contributed by atoms with Crippen molar-refractivity contribution < 1.29 is 0 Å². The minimum Gasteiger partial charge on any atom is -0.312 e. The van der Waals surface area contributed by atoms with E-state index in [0.29, 0.717) is 6.04 Å². The summed E-state index contributed by atoms with van der Waals surface area (Å²) in [6.45, 7) is 5.85. The van der Waals surface area contributed by atoms with E-state index in [4.69, 9.17) is 0 Å². The Hall–Kier alpha value is -0.860. The molecule has 1 fully saturated rings. The lowest BCUT2D eigenvalue weighted by Gasteiger charge is -2.21. The average Bonchev–Trinajstić information content (AvgIpc) is 3.14. The molecule has 1 aromatic rings. The van der Waals surface area contributed by atoms with Gasteiger partial charge in [-0.3, -0.25) is 4.90 Å². The molecule has 98 valence electrons. The molecule has 1 aromatic carbocycles. The average molecular weight is 244 g/mol. The first-order valence-corrected chi connectivity index (χ1v) is 7.41. The maximum absolute atomic E-state index is 3.73. The summed E-state index contributed by atoms with van der Waals surface area (Å²) < 4.78 is 0. The zero-order chi connectivity index (χ0) is 12.4. The first-order chi connectivity index (χ1) is 8.86. The molecule has 18 heavy (non-hydrogen) atoms. The van der Waals surface area contributed by atoms with Gasteiger partial charge in [0.1, 0.15) is 0 Å². The Morgan fingerprint density at radius 3 is 2.39 bits per heavy atom. The van der Waals surface area contributed by atoms with E-state index >= 15 is 0 Å². The molecule has 0 bridgehead atoms. The zero-order valence-corrected chi connectivity index (χ0v) is 11.4. The van der Waals surface area contributed by atoms with Gasteiger partial charge in [0.2, 0.25) is 0 Å². The van der Waals surface area contributed by atoms with E-state index in [1.54, 1.807) is 11.1 Å². The molecule has 0 spiro atoms. The summed E-state index contributed by atoms with van der Waals surface area (Å²) >= 11 is 0. The van der Waals surface area contributed by atoms with E-state index in [1.807, 2.05) is 0 Å². The summed E-state index contributed by atoms with van der Waals surface area (Å²) in [5.41, 5.74) is 3.09. The Bertz CT molecular complexity index is 373. The van der Waals surface area contributed by atoms with Gasteiger partial charge in [-0.25, -0.2) is 0 Å². The van der Waals surface area contributed by atoms with Gasteiger partial charge in [-0.15, -0.1) is 0 Å². The number of rotatable bonds is 6. The van der Waals surface area contributed by atoms with E-state index in [2.05, 4.69) is 41.4 Å². The highest BCUT2D eigenvalue weighted by atomic mass is 15.2. The highest BCUT2D eigenvalue weighted by Crippen LogP contribution is 2.26. The van der Waals surface area contributed by atoms with Crippen LogP contribution in [-0.2, 0) is 12.8 Å². The molecular formula is C16H24N2. The number of nitrogens with one attached hydrogen (secondary N) is 1. The van der Waals surface area contributed by atoms with Crippen molar-refractivity contribution in [1.82, 2.24) is 10.2 Å². The van der Waals surface area contributed by atoms with Crippen LogP contribution in [0.4, 0.5) is 0 Å². The summed E-state index contributed by atoms with van der Waals surface area (Å²) in [6, 6.07) is 10.4. The lowest BCUT2D eigenvalue weighted by molar-refractivity contribution is 0.272. The molecule has 0 amide bonds. The van der Waals surface area contributed by atoms with Crippen molar-refractivity contribution in [3.8, 4) is 0 Å². The van der Waals surface area contributed by atoms with Crippen molar-refractivity contribution >= 4 is 0 Å². The molecular weight excluding hydrogens is 220 g/mol. The van der Waals surface area contributed by atoms with Crippen molar-refractivity contribution in [1.29, 1.82) is 0 Å². The van der Waals surface area contributed by atoms with Gasteiger partial charge in [-0.2, -0.15) is 0 Å². The minimum absolute atomic E-state index is 0.667. The normalized spacial score (nSPS) is 19.4. The quantitative estimate of drug-likeness (QED) is 0.825. The van der Waals surface area contributed by atoms with Crippen LogP contribution in [0.3, 0.4) is 0 Å². The van der Waals surface area contributed by atoms with E-state index in [0.717, 1.165) is 12.6 Å². The summed E-state index contributed by atoms with van der Waals surface area (Å²) in [6.07, 6.45) is 5.27. The number of hydrogen-bond donors (Lipinski definition) is 1. The topological polar surface area (TPSA) is 15.3 Å². The highest BCUT2D eigenvalue weighted by molar-refractivity contribution is 5.33. The van der Waals surface area contributed by atoms with E-state index < -0.39 is 0 Å². The second-order valence-electron chi connectivity index (χ2n) is 5.69. The van der Waals surface area contributed by atoms with Gasteiger partial charge < -0.3 is 5.32 Å². The van der Waals surface area contributed by atoms with Crippen molar-refractivity contribution in [2.45, 2.75) is 44.7 Å². The Balaban J connectivity index is 1.43. The predicted molar refractivity (Wildman–Crippen MR) is 75.9 cm³/mol. The van der Waals surface area contributed by atoms with Crippen molar-refractivity contribution in [3.05, 3.63) is 35.4 Å². The number of nitrogens with zero attached hydrogens (tertiary/aromatic N) is 1. The fourth-order valence-corrected chi connectivity index (χ4v) is 3.15. The summed E-state index contributed by atoms with van der Waals surface area (Å²) in [7, 11) is 0. The lowest BCUT2D eigenvalue weighted by atomic mass is 10.1. The van der Waals surface area contributed by atoms with Gasteiger partial charge in [0.25, 0.3) is 0 Å². The maximum atomic E-state index is 3.73. The third-order valence-corrected chi connectivity index (χ3v) is 4.35. The third kappa shape index (κ3) is 2.76. The lowest BCUT2D eigenvalue weighted by Crippen LogP contribution is -2.38. The molecule has 0 saturated heterocycles. The molecule has 1 saturated carbocycles. The van der Waals surface area contributed by atoms with Crippen LogP contribution in [0.15, 0.2) is 24.3 Å².